The normalized spacial score (nSPS) is 12.1. The Labute approximate surface area is 128 Å². The molecule has 1 N–H and O–H groups in total. The summed E-state index contributed by atoms with van der Waals surface area (Å²) in [6.45, 7) is 4.87. The lowest BCUT2D eigenvalue weighted by atomic mass is 9.97. The summed E-state index contributed by atoms with van der Waals surface area (Å²) in [5, 5.41) is 3.42. The van der Waals surface area contributed by atoms with Gasteiger partial charge in [0.05, 0.1) is 6.61 Å². The van der Waals surface area contributed by atoms with Crippen molar-refractivity contribution < 1.29 is 4.74 Å². The van der Waals surface area contributed by atoms with E-state index in [0.29, 0.717) is 12.6 Å². The van der Waals surface area contributed by atoms with Gasteiger partial charge in [-0.25, -0.2) is 0 Å². The molecule has 0 aliphatic rings. The maximum atomic E-state index is 5.75. The van der Waals surface area contributed by atoms with Gasteiger partial charge in [-0.05, 0) is 45.4 Å². The molecule has 1 unspecified atom stereocenters. The van der Waals surface area contributed by atoms with Crippen molar-refractivity contribution in [2.24, 2.45) is 0 Å². The molecule has 0 aliphatic heterocycles. The summed E-state index contributed by atoms with van der Waals surface area (Å²) < 4.78 is 5.75. The van der Waals surface area contributed by atoms with E-state index in [-0.39, 0.29) is 0 Å². The number of hydrogen-bond donors (Lipinski definition) is 1. The topological polar surface area (TPSA) is 21.3 Å². The Morgan fingerprint density at radius 3 is 2.62 bits per heavy atom. The molecule has 0 radical (unpaired) electrons. The minimum atomic E-state index is 0.313. The summed E-state index contributed by atoms with van der Waals surface area (Å²) >= 11 is 0. The van der Waals surface area contributed by atoms with Gasteiger partial charge in [-0.1, -0.05) is 48.0 Å². The molecule has 2 nitrogen and oxygen atoms in total. The molecule has 1 atom stereocenters. The second-order valence-corrected chi connectivity index (χ2v) is 5.34. The fourth-order valence-corrected chi connectivity index (χ4v) is 2.69. The first kappa shape index (κ1) is 15.6. The van der Waals surface area contributed by atoms with E-state index in [4.69, 9.17) is 4.74 Å². The van der Waals surface area contributed by atoms with Crippen molar-refractivity contribution in [1.82, 2.24) is 5.32 Å². The number of benzene rings is 2. The van der Waals surface area contributed by atoms with Crippen LogP contribution in [-0.4, -0.2) is 13.7 Å². The van der Waals surface area contributed by atoms with E-state index in [1.807, 2.05) is 20.0 Å². The first-order chi connectivity index (χ1) is 10.2. The molecule has 2 heteroatoms. The molecule has 2 aromatic carbocycles. The molecule has 112 valence electrons. The molecular weight excluding hydrogens is 258 g/mol. The van der Waals surface area contributed by atoms with Gasteiger partial charge in [-0.3, -0.25) is 0 Å². The van der Waals surface area contributed by atoms with E-state index >= 15 is 0 Å². The Hall–Kier alpha value is -1.80. The number of aryl methyl sites for hydroxylation is 2. The highest BCUT2D eigenvalue weighted by Gasteiger charge is 2.14. The molecule has 0 fully saturated rings. The van der Waals surface area contributed by atoms with Gasteiger partial charge in [0.1, 0.15) is 5.75 Å². The van der Waals surface area contributed by atoms with Crippen LogP contribution in [0.4, 0.5) is 0 Å². The number of rotatable bonds is 7. The van der Waals surface area contributed by atoms with Gasteiger partial charge < -0.3 is 10.1 Å². The number of hydrogen-bond acceptors (Lipinski definition) is 2. The first-order valence-corrected chi connectivity index (χ1v) is 7.69. The van der Waals surface area contributed by atoms with Crippen LogP contribution in [0.3, 0.4) is 0 Å². The zero-order valence-corrected chi connectivity index (χ0v) is 13.2. The first-order valence-electron chi connectivity index (χ1n) is 7.69. The van der Waals surface area contributed by atoms with Gasteiger partial charge in [-0.2, -0.15) is 0 Å². The monoisotopic (exact) mass is 283 g/mol. The Morgan fingerprint density at radius 1 is 1.10 bits per heavy atom. The van der Waals surface area contributed by atoms with E-state index in [1.165, 1.54) is 16.7 Å². The number of nitrogens with one attached hydrogen (secondary N) is 1. The van der Waals surface area contributed by atoms with Crippen molar-refractivity contribution in [3.05, 3.63) is 65.2 Å². The van der Waals surface area contributed by atoms with Gasteiger partial charge in [0, 0.05) is 11.6 Å². The van der Waals surface area contributed by atoms with Crippen LogP contribution in [0.25, 0.3) is 0 Å². The molecule has 0 heterocycles. The summed E-state index contributed by atoms with van der Waals surface area (Å²) in [7, 11) is 2.02. The van der Waals surface area contributed by atoms with Crippen LogP contribution in [0.5, 0.6) is 5.75 Å². The molecule has 0 amide bonds. The van der Waals surface area contributed by atoms with Crippen LogP contribution in [-0.2, 0) is 6.42 Å². The summed E-state index contributed by atoms with van der Waals surface area (Å²) in [6, 6.07) is 17.4. The van der Waals surface area contributed by atoms with E-state index in [9.17, 15) is 0 Å². The molecule has 0 spiro atoms. The highest BCUT2D eigenvalue weighted by molar-refractivity contribution is 5.36. The minimum Gasteiger partial charge on any atom is -0.494 e. The summed E-state index contributed by atoms with van der Waals surface area (Å²) in [5.41, 5.74) is 3.96. The number of ether oxygens (including phenoxy) is 1. The average Bonchev–Trinajstić information content (AvgIpc) is 2.50. The molecule has 0 aliphatic carbocycles. The molecular formula is C19H25NO. The Balaban J connectivity index is 2.09. The maximum Gasteiger partial charge on any atom is 0.124 e. The highest BCUT2D eigenvalue weighted by atomic mass is 16.5. The second kappa shape index (κ2) is 7.84. The Morgan fingerprint density at radius 2 is 1.90 bits per heavy atom. The van der Waals surface area contributed by atoms with Crippen LogP contribution < -0.4 is 10.1 Å². The quantitative estimate of drug-likeness (QED) is 0.818. The Bertz CT molecular complexity index is 565. The molecule has 0 aromatic heterocycles. The van der Waals surface area contributed by atoms with Crippen LogP contribution in [0.15, 0.2) is 48.5 Å². The van der Waals surface area contributed by atoms with Crippen molar-refractivity contribution in [1.29, 1.82) is 0 Å². The molecule has 2 aromatic rings. The van der Waals surface area contributed by atoms with Crippen LogP contribution in [0, 0.1) is 6.92 Å². The maximum absolute atomic E-state index is 5.75. The van der Waals surface area contributed by atoms with Crippen LogP contribution in [0.2, 0.25) is 0 Å². The van der Waals surface area contributed by atoms with Gasteiger partial charge in [0.25, 0.3) is 0 Å². The lowest BCUT2D eigenvalue weighted by molar-refractivity contribution is 0.331. The Kier molecular flexibility index (Phi) is 5.82. The molecule has 21 heavy (non-hydrogen) atoms. The fraction of sp³-hybridized carbons (Fsp3) is 0.368. The smallest absolute Gasteiger partial charge is 0.124 e. The van der Waals surface area contributed by atoms with Crippen molar-refractivity contribution in [2.45, 2.75) is 32.7 Å². The highest BCUT2D eigenvalue weighted by Crippen LogP contribution is 2.28. The summed E-state index contributed by atoms with van der Waals surface area (Å²) in [4.78, 5) is 0. The minimum absolute atomic E-state index is 0.313. The molecule has 0 bridgehead atoms. The predicted molar refractivity (Wildman–Crippen MR) is 88.9 cm³/mol. The summed E-state index contributed by atoms with van der Waals surface area (Å²) in [6.07, 6.45) is 2.12. The zero-order valence-electron chi connectivity index (χ0n) is 13.2. The van der Waals surface area contributed by atoms with Crippen LogP contribution >= 0.6 is 0 Å². The van der Waals surface area contributed by atoms with E-state index < -0.39 is 0 Å². The molecule has 0 saturated heterocycles. The standard InChI is InChI=1S/C19H25NO/c1-4-21-19-11-6-5-10-17(19)18(20-3)13-12-16-9-7-8-15(2)14-16/h5-11,14,18,20H,4,12-13H2,1-3H3. The van der Waals surface area contributed by atoms with Crippen molar-refractivity contribution in [3.63, 3.8) is 0 Å². The zero-order chi connectivity index (χ0) is 15.1. The van der Waals surface area contributed by atoms with Gasteiger partial charge >= 0.3 is 0 Å². The lowest BCUT2D eigenvalue weighted by Gasteiger charge is -2.20. The molecule has 2 rings (SSSR count). The van der Waals surface area contributed by atoms with Crippen molar-refractivity contribution >= 4 is 0 Å². The third kappa shape index (κ3) is 4.33. The summed E-state index contributed by atoms with van der Waals surface area (Å²) in [5.74, 6) is 0.989. The third-order valence-corrected chi connectivity index (χ3v) is 3.75. The third-order valence-electron chi connectivity index (χ3n) is 3.75. The van der Waals surface area contributed by atoms with Gasteiger partial charge in [-0.15, -0.1) is 0 Å². The molecule has 0 saturated carbocycles. The van der Waals surface area contributed by atoms with Crippen LogP contribution in [0.1, 0.15) is 36.1 Å². The second-order valence-electron chi connectivity index (χ2n) is 5.34. The van der Waals surface area contributed by atoms with Gasteiger partial charge in [0.15, 0.2) is 0 Å². The van der Waals surface area contributed by atoms with E-state index in [1.54, 1.807) is 0 Å². The van der Waals surface area contributed by atoms with E-state index in [2.05, 4.69) is 54.7 Å². The number of para-hydroxylation sites is 1. The SMILES string of the molecule is CCOc1ccccc1C(CCc1cccc(C)c1)NC. The largest absolute Gasteiger partial charge is 0.494 e. The van der Waals surface area contributed by atoms with E-state index in [0.717, 1.165) is 18.6 Å². The lowest BCUT2D eigenvalue weighted by Crippen LogP contribution is -2.18. The fourth-order valence-electron chi connectivity index (χ4n) is 2.69. The van der Waals surface area contributed by atoms with Gasteiger partial charge in [0.2, 0.25) is 0 Å². The predicted octanol–water partition coefficient (Wildman–Crippen LogP) is 4.29. The van der Waals surface area contributed by atoms with Crippen molar-refractivity contribution in [3.8, 4) is 5.75 Å². The average molecular weight is 283 g/mol. The van der Waals surface area contributed by atoms with Crippen molar-refractivity contribution in [2.75, 3.05) is 13.7 Å².